The fourth-order valence-corrected chi connectivity index (χ4v) is 2.76. The number of benzene rings is 1. The second kappa shape index (κ2) is 4.11. The van der Waals surface area contributed by atoms with Crippen LogP contribution in [0.2, 0.25) is 10.0 Å². The van der Waals surface area contributed by atoms with Crippen LogP contribution >= 0.6 is 23.2 Å². The Kier molecular flexibility index (Phi) is 2.68. The zero-order chi connectivity index (χ0) is 12.9. The summed E-state index contributed by atoms with van der Waals surface area (Å²) in [4.78, 5) is 18.4. The van der Waals surface area contributed by atoms with Crippen molar-refractivity contribution in [3.8, 4) is 0 Å². The number of pyridine rings is 1. The quantitative estimate of drug-likeness (QED) is 0.801. The van der Waals surface area contributed by atoms with Crippen LogP contribution in [0.15, 0.2) is 18.2 Å². The molecule has 5 heteroatoms. The lowest BCUT2D eigenvalue weighted by Gasteiger charge is -2.10. The number of halogens is 2. The number of carbonyl (C=O) groups is 1. The summed E-state index contributed by atoms with van der Waals surface area (Å²) in [7, 11) is 0. The highest BCUT2D eigenvalue weighted by molar-refractivity contribution is 6.39. The van der Waals surface area contributed by atoms with Gasteiger partial charge in [-0.3, -0.25) is 4.79 Å². The molecule has 1 amide bonds. The molecule has 0 radical (unpaired) electrons. The first-order chi connectivity index (χ1) is 8.61. The van der Waals surface area contributed by atoms with Crippen molar-refractivity contribution in [2.45, 2.75) is 13.5 Å². The molecular formula is C13H10Cl2N2O. The molecule has 0 bridgehead atoms. The lowest BCUT2D eigenvalue weighted by molar-refractivity contribution is 0.0787. The molecule has 1 aromatic carbocycles. The Morgan fingerprint density at radius 1 is 1.39 bits per heavy atom. The van der Waals surface area contributed by atoms with E-state index in [4.69, 9.17) is 23.2 Å². The van der Waals surface area contributed by atoms with Crippen LogP contribution in [0.1, 0.15) is 23.0 Å². The molecule has 0 fully saturated rings. The van der Waals surface area contributed by atoms with Gasteiger partial charge in [0.1, 0.15) is 0 Å². The van der Waals surface area contributed by atoms with Gasteiger partial charge in [0.25, 0.3) is 5.91 Å². The van der Waals surface area contributed by atoms with Gasteiger partial charge in [-0.2, -0.15) is 0 Å². The standard InChI is InChI=1S/C13H10Cl2N2O/c1-2-17-6-10-11(13(17)18)12(15)8-5-7(14)3-4-9(8)16-10/h3-5H,2,6H2,1H3. The third kappa shape index (κ3) is 1.58. The van der Waals surface area contributed by atoms with E-state index in [0.717, 1.165) is 16.6 Å². The minimum Gasteiger partial charge on any atom is -0.333 e. The molecule has 0 saturated heterocycles. The molecule has 0 aliphatic carbocycles. The summed E-state index contributed by atoms with van der Waals surface area (Å²) < 4.78 is 0. The number of rotatable bonds is 1. The van der Waals surface area contributed by atoms with E-state index < -0.39 is 0 Å². The fourth-order valence-electron chi connectivity index (χ4n) is 2.24. The first-order valence-electron chi connectivity index (χ1n) is 5.68. The first kappa shape index (κ1) is 11.8. The van der Waals surface area contributed by atoms with Crippen LogP contribution in [0.3, 0.4) is 0 Å². The first-order valence-corrected chi connectivity index (χ1v) is 6.44. The number of nitrogens with zero attached hydrogens (tertiary/aromatic N) is 2. The molecule has 2 heterocycles. The average Bonchev–Trinajstić information content (AvgIpc) is 2.67. The summed E-state index contributed by atoms with van der Waals surface area (Å²) in [5, 5.41) is 1.77. The zero-order valence-electron chi connectivity index (χ0n) is 9.70. The van der Waals surface area contributed by atoms with Crippen molar-refractivity contribution in [3.05, 3.63) is 39.5 Å². The van der Waals surface area contributed by atoms with E-state index in [0.29, 0.717) is 28.7 Å². The Balaban J connectivity index is 2.31. The summed E-state index contributed by atoms with van der Waals surface area (Å²) in [6.45, 7) is 3.12. The van der Waals surface area contributed by atoms with Crippen molar-refractivity contribution >= 4 is 40.0 Å². The average molecular weight is 281 g/mol. The highest BCUT2D eigenvalue weighted by Gasteiger charge is 2.31. The van der Waals surface area contributed by atoms with Gasteiger partial charge >= 0.3 is 0 Å². The number of hydrogen-bond acceptors (Lipinski definition) is 2. The van der Waals surface area contributed by atoms with Gasteiger partial charge in [-0.05, 0) is 25.1 Å². The van der Waals surface area contributed by atoms with Gasteiger partial charge in [-0.25, -0.2) is 4.98 Å². The Hall–Kier alpha value is -1.32. The topological polar surface area (TPSA) is 33.2 Å². The van der Waals surface area contributed by atoms with Crippen LogP contribution in [0, 0.1) is 0 Å². The molecule has 0 saturated carbocycles. The van der Waals surface area contributed by atoms with E-state index >= 15 is 0 Å². The zero-order valence-corrected chi connectivity index (χ0v) is 11.2. The summed E-state index contributed by atoms with van der Waals surface area (Å²) in [5.74, 6) is -0.0492. The van der Waals surface area contributed by atoms with E-state index in [1.165, 1.54) is 0 Å². The maximum absolute atomic E-state index is 12.1. The van der Waals surface area contributed by atoms with E-state index in [-0.39, 0.29) is 5.91 Å². The largest absolute Gasteiger partial charge is 0.333 e. The number of carbonyl (C=O) groups excluding carboxylic acids is 1. The SMILES string of the molecule is CCN1Cc2nc3ccc(Cl)cc3c(Cl)c2C1=O. The Bertz CT molecular complexity index is 670. The van der Waals surface area contributed by atoms with Gasteiger partial charge < -0.3 is 4.90 Å². The minimum atomic E-state index is -0.0492. The monoisotopic (exact) mass is 280 g/mol. The van der Waals surface area contributed by atoms with E-state index in [1.54, 1.807) is 17.0 Å². The van der Waals surface area contributed by atoms with Crippen LogP contribution in [0.4, 0.5) is 0 Å². The molecule has 1 aliphatic heterocycles. The minimum absolute atomic E-state index is 0.0492. The third-order valence-electron chi connectivity index (χ3n) is 3.18. The fraction of sp³-hybridized carbons (Fsp3) is 0.231. The van der Waals surface area contributed by atoms with Crippen molar-refractivity contribution in [1.29, 1.82) is 0 Å². The van der Waals surface area contributed by atoms with Crippen molar-refractivity contribution in [2.24, 2.45) is 0 Å². The maximum Gasteiger partial charge on any atom is 0.257 e. The summed E-state index contributed by atoms with van der Waals surface area (Å²) in [5.41, 5.74) is 2.05. The molecule has 0 N–H and O–H groups in total. The van der Waals surface area contributed by atoms with Crippen LogP contribution in [-0.4, -0.2) is 22.3 Å². The lowest BCUT2D eigenvalue weighted by Crippen LogP contribution is -2.23. The summed E-state index contributed by atoms with van der Waals surface area (Å²) >= 11 is 12.3. The summed E-state index contributed by atoms with van der Waals surface area (Å²) in [6, 6.07) is 5.34. The molecule has 92 valence electrons. The molecule has 1 aromatic heterocycles. The van der Waals surface area contributed by atoms with Crippen molar-refractivity contribution in [2.75, 3.05) is 6.54 Å². The predicted octanol–water partition coefficient (Wildman–Crippen LogP) is 3.52. The van der Waals surface area contributed by atoms with E-state index in [1.807, 2.05) is 13.0 Å². The van der Waals surface area contributed by atoms with Crippen molar-refractivity contribution in [1.82, 2.24) is 9.88 Å². The Morgan fingerprint density at radius 2 is 2.17 bits per heavy atom. The molecule has 3 nitrogen and oxygen atoms in total. The highest BCUT2D eigenvalue weighted by atomic mass is 35.5. The number of hydrogen-bond donors (Lipinski definition) is 0. The third-order valence-corrected chi connectivity index (χ3v) is 3.81. The Morgan fingerprint density at radius 3 is 2.89 bits per heavy atom. The summed E-state index contributed by atoms with van der Waals surface area (Å²) in [6.07, 6.45) is 0. The molecule has 3 rings (SSSR count). The number of amides is 1. The second-order valence-electron chi connectivity index (χ2n) is 4.23. The molecule has 0 atom stereocenters. The lowest BCUT2D eigenvalue weighted by atomic mass is 10.1. The van der Waals surface area contributed by atoms with Gasteiger partial charge in [0.05, 0.1) is 28.3 Å². The van der Waals surface area contributed by atoms with Crippen LogP contribution in [-0.2, 0) is 6.54 Å². The highest BCUT2D eigenvalue weighted by Crippen LogP contribution is 2.34. The van der Waals surface area contributed by atoms with Crippen LogP contribution in [0.25, 0.3) is 10.9 Å². The van der Waals surface area contributed by atoms with E-state index in [2.05, 4.69) is 4.98 Å². The molecule has 18 heavy (non-hydrogen) atoms. The van der Waals surface area contributed by atoms with Crippen LogP contribution < -0.4 is 0 Å². The normalized spacial score (nSPS) is 14.4. The van der Waals surface area contributed by atoms with E-state index in [9.17, 15) is 4.79 Å². The smallest absolute Gasteiger partial charge is 0.257 e. The Labute approximate surface area is 114 Å². The molecular weight excluding hydrogens is 271 g/mol. The molecule has 0 unspecified atom stereocenters. The predicted molar refractivity (Wildman–Crippen MR) is 72.2 cm³/mol. The van der Waals surface area contributed by atoms with Gasteiger partial charge in [-0.15, -0.1) is 0 Å². The number of aromatic nitrogens is 1. The maximum atomic E-state index is 12.1. The number of fused-ring (bicyclic) bond motifs is 2. The van der Waals surface area contributed by atoms with Crippen molar-refractivity contribution < 1.29 is 4.79 Å². The van der Waals surface area contributed by atoms with Gasteiger partial charge in [0.15, 0.2) is 0 Å². The van der Waals surface area contributed by atoms with Gasteiger partial charge in [0, 0.05) is 17.0 Å². The van der Waals surface area contributed by atoms with Gasteiger partial charge in [-0.1, -0.05) is 23.2 Å². The molecule has 0 spiro atoms. The molecule has 2 aromatic rings. The molecule has 1 aliphatic rings. The van der Waals surface area contributed by atoms with Crippen LogP contribution in [0.5, 0.6) is 0 Å². The second-order valence-corrected chi connectivity index (χ2v) is 5.04. The van der Waals surface area contributed by atoms with Crippen molar-refractivity contribution in [3.63, 3.8) is 0 Å². The van der Waals surface area contributed by atoms with Gasteiger partial charge in [0.2, 0.25) is 0 Å².